The Morgan fingerprint density at radius 2 is 2.04 bits per heavy atom. The fourth-order valence-corrected chi connectivity index (χ4v) is 3.25. The number of aliphatic imine (C=N–C) groups is 1. The molecule has 0 saturated carbocycles. The molecule has 1 aliphatic heterocycles. The molecular formula is C17H30IN5O3S. The van der Waals surface area contributed by atoms with Gasteiger partial charge in [0, 0.05) is 26.2 Å². The third kappa shape index (κ3) is 9.19. The van der Waals surface area contributed by atoms with Crippen LogP contribution < -0.4 is 15.8 Å². The number of primary sulfonamides is 1. The highest BCUT2D eigenvalue weighted by molar-refractivity contribution is 14.0. The van der Waals surface area contributed by atoms with Crippen LogP contribution in [-0.4, -0.2) is 65.2 Å². The topological polar surface area (TPSA) is 109 Å². The van der Waals surface area contributed by atoms with Gasteiger partial charge in [-0.25, -0.2) is 18.5 Å². The van der Waals surface area contributed by atoms with Gasteiger partial charge in [-0.15, -0.1) is 24.0 Å². The first-order valence-electron chi connectivity index (χ1n) is 8.93. The molecule has 1 saturated heterocycles. The molecule has 0 atom stereocenters. The van der Waals surface area contributed by atoms with E-state index >= 15 is 0 Å². The number of nitrogens with zero attached hydrogens (tertiary/aromatic N) is 2. The number of sulfonamides is 1. The highest BCUT2D eigenvalue weighted by atomic mass is 127. The Labute approximate surface area is 179 Å². The molecule has 1 fully saturated rings. The van der Waals surface area contributed by atoms with Crippen LogP contribution >= 0.6 is 24.0 Å². The molecule has 10 heteroatoms. The monoisotopic (exact) mass is 511 g/mol. The Balaban J connectivity index is 0.00000364. The largest absolute Gasteiger partial charge is 0.379 e. The molecule has 0 unspecified atom stereocenters. The van der Waals surface area contributed by atoms with Crippen molar-refractivity contribution in [1.82, 2.24) is 15.5 Å². The van der Waals surface area contributed by atoms with Gasteiger partial charge in [-0.1, -0.05) is 12.1 Å². The zero-order chi connectivity index (χ0) is 18.8. The summed E-state index contributed by atoms with van der Waals surface area (Å²) in [6.07, 6.45) is 1.02. The van der Waals surface area contributed by atoms with E-state index in [4.69, 9.17) is 9.88 Å². The van der Waals surface area contributed by atoms with Gasteiger partial charge in [0.05, 0.1) is 24.7 Å². The van der Waals surface area contributed by atoms with Crippen LogP contribution in [0.5, 0.6) is 0 Å². The van der Waals surface area contributed by atoms with Crippen LogP contribution in [0.15, 0.2) is 34.2 Å². The molecule has 0 aliphatic carbocycles. The molecule has 0 spiro atoms. The number of ether oxygens (including phenoxy) is 1. The Kier molecular flexibility index (Phi) is 11.1. The van der Waals surface area contributed by atoms with Crippen molar-refractivity contribution in [3.05, 3.63) is 29.8 Å². The molecule has 1 heterocycles. The summed E-state index contributed by atoms with van der Waals surface area (Å²) in [4.78, 5) is 7.02. The molecule has 1 aromatic carbocycles. The van der Waals surface area contributed by atoms with Gasteiger partial charge in [-0.05, 0) is 37.6 Å². The lowest BCUT2D eigenvalue weighted by Crippen LogP contribution is -2.40. The summed E-state index contributed by atoms with van der Waals surface area (Å²) in [6, 6.07) is 6.55. The Bertz CT molecular complexity index is 694. The van der Waals surface area contributed by atoms with Gasteiger partial charge in [-0.3, -0.25) is 4.90 Å². The fourth-order valence-electron chi connectivity index (χ4n) is 2.67. The summed E-state index contributed by atoms with van der Waals surface area (Å²) in [6.45, 7) is 8.61. The van der Waals surface area contributed by atoms with Crippen molar-refractivity contribution in [1.29, 1.82) is 0 Å². The second kappa shape index (κ2) is 12.5. The first-order valence-corrected chi connectivity index (χ1v) is 10.5. The van der Waals surface area contributed by atoms with Gasteiger partial charge in [0.1, 0.15) is 0 Å². The van der Waals surface area contributed by atoms with Crippen LogP contribution in [-0.2, 0) is 21.3 Å². The zero-order valence-electron chi connectivity index (χ0n) is 15.7. The van der Waals surface area contributed by atoms with E-state index in [2.05, 4.69) is 20.5 Å². The summed E-state index contributed by atoms with van der Waals surface area (Å²) in [7, 11) is -3.70. The minimum atomic E-state index is -3.70. The quantitative estimate of drug-likeness (QED) is 0.206. The van der Waals surface area contributed by atoms with Crippen molar-refractivity contribution < 1.29 is 13.2 Å². The summed E-state index contributed by atoms with van der Waals surface area (Å²) in [5.41, 5.74) is 0.794. The number of rotatable bonds is 8. The second-order valence-electron chi connectivity index (χ2n) is 6.12. The smallest absolute Gasteiger partial charge is 0.238 e. The van der Waals surface area contributed by atoms with Crippen LogP contribution in [0.2, 0.25) is 0 Å². The maximum Gasteiger partial charge on any atom is 0.238 e. The van der Waals surface area contributed by atoms with Crippen molar-refractivity contribution in [2.75, 3.05) is 45.9 Å². The van der Waals surface area contributed by atoms with Crippen molar-refractivity contribution in [3.8, 4) is 0 Å². The standard InChI is InChI=1S/C17H29N5O3S.HI/c1-2-19-17(20-7-4-8-22-9-11-25-12-10-22)21-14-15-5-3-6-16(13-15)26(18,23)24;/h3,5-6,13H,2,4,7-12,14H2,1H3,(H2,18,23,24)(H2,19,20,21);1H. The number of morpholine rings is 1. The minimum absolute atomic E-state index is 0. The van der Waals surface area contributed by atoms with Crippen LogP contribution in [0.3, 0.4) is 0 Å². The third-order valence-corrected chi connectivity index (χ3v) is 4.95. The van der Waals surface area contributed by atoms with Crippen LogP contribution in [0.1, 0.15) is 18.9 Å². The zero-order valence-corrected chi connectivity index (χ0v) is 18.8. The maximum absolute atomic E-state index is 11.4. The van der Waals surface area contributed by atoms with Crippen molar-refractivity contribution >= 4 is 40.0 Å². The number of hydrogen-bond donors (Lipinski definition) is 3. The van der Waals surface area contributed by atoms with E-state index in [0.717, 1.165) is 63.9 Å². The van der Waals surface area contributed by atoms with Gasteiger partial charge in [0.15, 0.2) is 5.96 Å². The molecule has 8 nitrogen and oxygen atoms in total. The fraction of sp³-hybridized carbons (Fsp3) is 0.588. The summed E-state index contributed by atoms with van der Waals surface area (Å²) in [5.74, 6) is 0.718. The Hall–Kier alpha value is -0.950. The molecule has 0 radical (unpaired) electrons. The number of nitrogens with two attached hydrogens (primary N) is 1. The van der Waals surface area contributed by atoms with Crippen molar-refractivity contribution in [3.63, 3.8) is 0 Å². The molecule has 154 valence electrons. The van der Waals surface area contributed by atoms with Gasteiger partial charge >= 0.3 is 0 Å². The highest BCUT2D eigenvalue weighted by Crippen LogP contribution is 2.10. The summed E-state index contributed by atoms with van der Waals surface area (Å²) >= 11 is 0. The lowest BCUT2D eigenvalue weighted by Gasteiger charge is -2.26. The van der Waals surface area contributed by atoms with Gasteiger partial charge in [0.2, 0.25) is 10.0 Å². The highest BCUT2D eigenvalue weighted by Gasteiger charge is 2.10. The predicted molar refractivity (Wildman–Crippen MR) is 118 cm³/mol. The van der Waals surface area contributed by atoms with E-state index < -0.39 is 10.0 Å². The van der Waals surface area contributed by atoms with Crippen molar-refractivity contribution in [2.45, 2.75) is 24.8 Å². The van der Waals surface area contributed by atoms with E-state index in [1.165, 1.54) is 6.07 Å². The van der Waals surface area contributed by atoms with Gasteiger partial charge in [0.25, 0.3) is 0 Å². The Morgan fingerprint density at radius 3 is 2.70 bits per heavy atom. The molecule has 2 rings (SSSR count). The average Bonchev–Trinajstić information content (AvgIpc) is 2.63. The molecule has 27 heavy (non-hydrogen) atoms. The molecule has 1 aliphatic rings. The summed E-state index contributed by atoms with van der Waals surface area (Å²) < 4.78 is 28.2. The van der Waals surface area contributed by atoms with Gasteiger partial charge in [-0.2, -0.15) is 0 Å². The lowest BCUT2D eigenvalue weighted by atomic mass is 10.2. The van der Waals surface area contributed by atoms with Crippen LogP contribution in [0.4, 0.5) is 0 Å². The van der Waals surface area contributed by atoms with Gasteiger partial charge < -0.3 is 15.4 Å². The number of guanidine groups is 1. The minimum Gasteiger partial charge on any atom is -0.379 e. The number of nitrogens with one attached hydrogen (secondary N) is 2. The first kappa shape index (κ1) is 24.1. The maximum atomic E-state index is 11.4. The third-order valence-electron chi connectivity index (χ3n) is 4.04. The average molecular weight is 511 g/mol. The SMILES string of the molecule is CCNC(=NCc1cccc(S(N)(=O)=O)c1)NCCCN1CCOCC1.I. The van der Waals surface area contributed by atoms with Crippen LogP contribution in [0.25, 0.3) is 0 Å². The number of hydrogen-bond acceptors (Lipinski definition) is 5. The van der Waals surface area contributed by atoms with Crippen LogP contribution in [0, 0.1) is 0 Å². The van der Waals surface area contributed by atoms with E-state index in [0.29, 0.717) is 6.54 Å². The van der Waals surface area contributed by atoms with E-state index in [9.17, 15) is 8.42 Å². The molecule has 0 amide bonds. The first-order chi connectivity index (χ1) is 12.5. The predicted octanol–water partition coefficient (Wildman–Crippen LogP) is 0.729. The van der Waals surface area contributed by atoms with E-state index in [1.54, 1.807) is 12.1 Å². The molecular weight excluding hydrogens is 481 g/mol. The number of halogens is 1. The van der Waals surface area contributed by atoms with Crippen molar-refractivity contribution in [2.24, 2.45) is 10.1 Å². The van der Waals surface area contributed by atoms with E-state index in [-0.39, 0.29) is 28.9 Å². The lowest BCUT2D eigenvalue weighted by molar-refractivity contribution is 0.0376. The normalized spacial score (nSPS) is 15.9. The molecule has 0 aromatic heterocycles. The van der Waals surface area contributed by atoms with E-state index in [1.807, 2.05) is 13.0 Å². The molecule has 0 bridgehead atoms. The number of benzene rings is 1. The summed E-state index contributed by atoms with van der Waals surface area (Å²) in [5, 5.41) is 11.7. The Morgan fingerprint density at radius 1 is 1.30 bits per heavy atom. The second-order valence-corrected chi connectivity index (χ2v) is 7.68. The molecule has 1 aromatic rings. The molecule has 4 N–H and O–H groups in total.